The van der Waals surface area contributed by atoms with Gasteiger partial charge in [-0.1, -0.05) is 18.2 Å². The number of hydrogen-bond donors (Lipinski definition) is 2. The quantitative estimate of drug-likeness (QED) is 0.893. The van der Waals surface area contributed by atoms with Gasteiger partial charge >= 0.3 is 5.97 Å². The molecule has 23 heavy (non-hydrogen) atoms. The molecule has 1 amide bonds. The molecule has 7 heteroatoms. The Labute approximate surface area is 133 Å². The Balaban J connectivity index is 1.72. The summed E-state index contributed by atoms with van der Waals surface area (Å²) in [6, 6.07) is 9.12. The van der Waals surface area contributed by atoms with Crippen molar-refractivity contribution >= 4 is 23.4 Å². The summed E-state index contributed by atoms with van der Waals surface area (Å²) in [7, 11) is 0. The number of anilines is 2. The second kappa shape index (κ2) is 6.43. The molecule has 2 aromatic rings. The summed E-state index contributed by atoms with van der Waals surface area (Å²) in [5, 5.41) is 11.9. The number of para-hydroxylation sites is 1. The molecule has 0 saturated carbocycles. The zero-order valence-electron chi connectivity index (χ0n) is 12.3. The molecule has 1 unspecified atom stereocenters. The molecule has 2 N–H and O–H groups in total. The lowest BCUT2D eigenvalue weighted by Crippen LogP contribution is -2.47. The van der Waals surface area contributed by atoms with E-state index in [-0.39, 0.29) is 11.6 Å². The Hall–Kier alpha value is -2.96. The molecule has 0 bridgehead atoms. The van der Waals surface area contributed by atoms with Gasteiger partial charge in [-0.25, -0.2) is 14.8 Å². The summed E-state index contributed by atoms with van der Waals surface area (Å²) in [4.78, 5) is 32.9. The van der Waals surface area contributed by atoms with Crippen molar-refractivity contribution < 1.29 is 14.7 Å². The molecule has 0 aliphatic carbocycles. The minimum Gasteiger partial charge on any atom is -0.476 e. The Bertz CT molecular complexity index is 703. The topological polar surface area (TPSA) is 95.4 Å². The lowest BCUT2D eigenvalue weighted by Gasteiger charge is -2.32. The van der Waals surface area contributed by atoms with Gasteiger partial charge in [-0.05, 0) is 25.0 Å². The Morgan fingerprint density at radius 1 is 1.22 bits per heavy atom. The van der Waals surface area contributed by atoms with E-state index in [0.717, 1.165) is 12.1 Å². The van der Waals surface area contributed by atoms with Gasteiger partial charge in [0.05, 0.1) is 12.4 Å². The molecule has 1 fully saturated rings. The van der Waals surface area contributed by atoms with Crippen LogP contribution in [0, 0.1) is 0 Å². The highest BCUT2D eigenvalue weighted by Crippen LogP contribution is 2.22. The van der Waals surface area contributed by atoms with Crippen LogP contribution >= 0.6 is 0 Å². The second-order valence-corrected chi connectivity index (χ2v) is 5.26. The van der Waals surface area contributed by atoms with E-state index in [2.05, 4.69) is 15.3 Å². The largest absolute Gasteiger partial charge is 0.476 e. The van der Waals surface area contributed by atoms with Gasteiger partial charge in [-0.3, -0.25) is 4.79 Å². The highest BCUT2D eigenvalue weighted by molar-refractivity contribution is 5.99. The molecule has 118 valence electrons. The summed E-state index contributed by atoms with van der Waals surface area (Å²) < 4.78 is 0. The lowest BCUT2D eigenvalue weighted by molar-refractivity contribution is -0.120. The average Bonchev–Trinajstić information content (AvgIpc) is 2.58. The van der Waals surface area contributed by atoms with Crippen molar-refractivity contribution in [1.29, 1.82) is 0 Å². The smallest absolute Gasteiger partial charge is 0.356 e. The maximum Gasteiger partial charge on any atom is 0.356 e. The fraction of sp³-hybridized carbons (Fsp3) is 0.250. The number of aromatic carboxylic acids is 1. The average molecular weight is 312 g/mol. The molecule has 1 saturated heterocycles. The van der Waals surface area contributed by atoms with E-state index < -0.39 is 12.0 Å². The number of amides is 1. The number of carbonyl (C=O) groups excluding carboxylic acids is 1. The van der Waals surface area contributed by atoms with Gasteiger partial charge in [0, 0.05) is 12.2 Å². The molecule has 1 aliphatic rings. The number of rotatable bonds is 4. The van der Waals surface area contributed by atoms with Gasteiger partial charge in [0.15, 0.2) is 5.69 Å². The summed E-state index contributed by atoms with van der Waals surface area (Å²) in [5.74, 6) is -0.761. The van der Waals surface area contributed by atoms with Crippen LogP contribution < -0.4 is 10.2 Å². The molecule has 1 aromatic carbocycles. The molecular formula is C16H16N4O3. The number of benzene rings is 1. The van der Waals surface area contributed by atoms with E-state index in [1.165, 1.54) is 12.4 Å². The van der Waals surface area contributed by atoms with Gasteiger partial charge in [-0.15, -0.1) is 0 Å². The first-order valence-corrected chi connectivity index (χ1v) is 7.33. The summed E-state index contributed by atoms with van der Waals surface area (Å²) in [5.41, 5.74) is 0.743. The first-order chi connectivity index (χ1) is 11.1. The summed E-state index contributed by atoms with van der Waals surface area (Å²) in [6.45, 7) is 0.685. The van der Waals surface area contributed by atoms with Crippen LogP contribution in [0.3, 0.4) is 0 Å². The fourth-order valence-electron chi connectivity index (χ4n) is 2.57. The van der Waals surface area contributed by atoms with Gasteiger partial charge in [-0.2, -0.15) is 0 Å². The van der Waals surface area contributed by atoms with Crippen LogP contribution in [0.1, 0.15) is 23.3 Å². The maximum atomic E-state index is 12.6. The number of carbonyl (C=O) groups is 2. The second-order valence-electron chi connectivity index (χ2n) is 5.26. The van der Waals surface area contributed by atoms with Crippen molar-refractivity contribution in [1.82, 2.24) is 9.97 Å². The standard InChI is InChI=1S/C16H16N4O3/c21-15-12(19-14-10-17-13(9-18-14)16(22)23)7-4-8-20(15)11-5-2-1-3-6-11/h1-3,5-6,9-10,12H,4,7-8H2,(H,18,19)(H,22,23). The number of hydrogen-bond acceptors (Lipinski definition) is 5. The van der Waals surface area contributed by atoms with Gasteiger partial charge in [0.2, 0.25) is 5.91 Å². The van der Waals surface area contributed by atoms with Crippen molar-refractivity contribution in [3.8, 4) is 0 Å². The molecule has 2 heterocycles. The van der Waals surface area contributed by atoms with Crippen LogP contribution in [-0.2, 0) is 4.79 Å². The number of nitrogens with zero attached hydrogens (tertiary/aromatic N) is 3. The van der Waals surface area contributed by atoms with E-state index in [4.69, 9.17) is 5.11 Å². The number of carboxylic acids is 1. The number of piperidine rings is 1. The monoisotopic (exact) mass is 312 g/mol. The van der Waals surface area contributed by atoms with Crippen LogP contribution in [0.4, 0.5) is 11.5 Å². The number of nitrogens with one attached hydrogen (secondary N) is 1. The highest BCUT2D eigenvalue weighted by Gasteiger charge is 2.29. The molecule has 7 nitrogen and oxygen atoms in total. The third-order valence-corrected chi connectivity index (χ3v) is 3.70. The summed E-state index contributed by atoms with van der Waals surface area (Å²) >= 11 is 0. The molecule has 1 atom stereocenters. The van der Waals surface area contributed by atoms with E-state index in [1.54, 1.807) is 4.90 Å². The van der Waals surface area contributed by atoms with Crippen molar-refractivity contribution in [2.75, 3.05) is 16.8 Å². The van der Waals surface area contributed by atoms with Crippen LogP contribution in [0.5, 0.6) is 0 Å². The third-order valence-electron chi connectivity index (χ3n) is 3.70. The van der Waals surface area contributed by atoms with Gasteiger partial charge in [0.25, 0.3) is 0 Å². The van der Waals surface area contributed by atoms with Crippen molar-refractivity contribution in [2.24, 2.45) is 0 Å². The zero-order chi connectivity index (χ0) is 16.2. The van der Waals surface area contributed by atoms with E-state index in [1.807, 2.05) is 30.3 Å². The molecular weight excluding hydrogens is 296 g/mol. The first-order valence-electron chi connectivity index (χ1n) is 7.33. The highest BCUT2D eigenvalue weighted by atomic mass is 16.4. The van der Waals surface area contributed by atoms with Crippen LogP contribution in [0.2, 0.25) is 0 Å². The van der Waals surface area contributed by atoms with Gasteiger partial charge < -0.3 is 15.3 Å². The number of carboxylic acid groups (broad SMARTS) is 1. The predicted octanol–water partition coefficient (Wildman–Crippen LogP) is 1.78. The Kier molecular flexibility index (Phi) is 4.18. The minimum absolute atomic E-state index is 0.0217. The van der Waals surface area contributed by atoms with E-state index in [0.29, 0.717) is 18.8 Å². The van der Waals surface area contributed by atoms with Crippen molar-refractivity contribution in [3.05, 3.63) is 48.4 Å². The number of aromatic nitrogens is 2. The van der Waals surface area contributed by atoms with Crippen molar-refractivity contribution in [3.63, 3.8) is 0 Å². The van der Waals surface area contributed by atoms with E-state index >= 15 is 0 Å². The molecule has 1 aliphatic heterocycles. The lowest BCUT2D eigenvalue weighted by atomic mass is 10.0. The van der Waals surface area contributed by atoms with Gasteiger partial charge in [0.1, 0.15) is 11.9 Å². The molecule has 0 spiro atoms. The first kappa shape index (κ1) is 15.0. The van der Waals surface area contributed by atoms with Crippen LogP contribution in [-0.4, -0.2) is 39.5 Å². The van der Waals surface area contributed by atoms with Crippen LogP contribution in [0.15, 0.2) is 42.7 Å². The predicted molar refractivity (Wildman–Crippen MR) is 84.4 cm³/mol. The molecule has 0 radical (unpaired) electrons. The summed E-state index contributed by atoms with van der Waals surface area (Å²) in [6.07, 6.45) is 4.08. The van der Waals surface area contributed by atoms with Crippen LogP contribution in [0.25, 0.3) is 0 Å². The minimum atomic E-state index is -1.13. The zero-order valence-corrected chi connectivity index (χ0v) is 12.3. The normalized spacial score (nSPS) is 17.8. The SMILES string of the molecule is O=C(O)c1cnc(NC2CCCN(c3ccccc3)C2=O)cn1. The molecule has 1 aromatic heterocycles. The van der Waals surface area contributed by atoms with E-state index in [9.17, 15) is 9.59 Å². The Morgan fingerprint density at radius 3 is 2.65 bits per heavy atom. The van der Waals surface area contributed by atoms with Crippen molar-refractivity contribution in [2.45, 2.75) is 18.9 Å². The Morgan fingerprint density at radius 2 is 2.00 bits per heavy atom. The third kappa shape index (κ3) is 3.28. The fourth-order valence-corrected chi connectivity index (χ4v) is 2.57. The molecule has 3 rings (SSSR count). The maximum absolute atomic E-state index is 12.6.